The zero-order chi connectivity index (χ0) is 18.1. The second-order valence-corrected chi connectivity index (χ2v) is 7.49. The van der Waals surface area contributed by atoms with Crippen molar-refractivity contribution >= 4 is 38.9 Å². The molecule has 130 valence electrons. The van der Waals surface area contributed by atoms with Crippen LogP contribution in [0.1, 0.15) is 12.5 Å². The number of benzene rings is 2. The summed E-state index contributed by atoms with van der Waals surface area (Å²) in [4.78, 5) is -0.0952. The van der Waals surface area contributed by atoms with Crippen molar-refractivity contribution in [3.05, 3.63) is 58.1 Å². The summed E-state index contributed by atoms with van der Waals surface area (Å²) in [5.74, 6) is 0. The van der Waals surface area contributed by atoms with Crippen LogP contribution in [0, 0.1) is 0 Å². The van der Waals surface area contributed by atoms with Crippen LogP contribution in [0.25, 0.3) is 0 Å². The number of halogens is 5. The zero-order valence-corrected chi connectivity index (χ0v) is 14.6. The molecule has 0 aliphatic carbocycles. The van der Waals surface area contributed by atoms with Crippen molar-refractivity contribution in [3.63, 3.8) is 0 Å². The fourth-order valence-corrected chi connectivity index (χ4v) is 3.96. The Kier molecular flexibility index (Phi) is 5.37. The minimum absolute atomic E-state index is 0.0913. The van der Waals surface area contributed by atoms with Crippen molar-refractivity contribution in [2.24, 2.45) is 0 Å². The maximum atomic E-state index is 12.9. The van der Waals surface area contributed by atoms with Gasteiger partial charge in [0.2, 0.25) is 0 Å². The van der Waals surface area contributed by atoms with E-state index < -0.39 is 21.8 Å². The highest BCUT2D eigenvalue weighted by Crippen LogP contribution is 2.37. The highest BCUT2D eigenvalue weighted by atomic mass is 35.5. The molecule has 0 aliphatic heterocycles. The van der Waals surface area contributed by atoms with E-state index in [9.17, 15) is 21.6 Å². The first-order chi connectivity index (χ1) is 11.1. The molecule has 0 spiro atoms. The quantitative estimate of drug-likeness (QED) is 0.708. The van der Waals surface area contributed by atoms with E-state index in [4.69, 9.17) is 23.2 Å². The standard InChI is InChI=1S/C15H12Cl2F3NO2S/c1-2-21(24(22,23)12-6-4-11(16)5-7-12)14-9-10(15(18,19)20)3-8-13(14)17/h3-9H,2H2,1H3. The zero-order valence-electron chi connectivity index (χ0n) is 12.3. The average Bonchev–Trinajstić information content (AvgIpc) is 2.49. The maximum Gasteiger partial charge on any atom is 0.416 e. The third-order valence-electron chi connectivity index (χ3n) is 3.23. The minimum Gasteiger partial charge on any atom is -0.265 e. The van der Waals surface area contributed by atoms with Crippen molar-refractivity contribution < 1.29 is 21.6 Å². The fraction of sp³-hybridized carbons (Fsp3) is 0.200. The SMILES string of the molecule is CCN(c1cc(C(F)(F)F)ccc1Cl)S(=O)(=O)c1ccc(Cl)cc1. The van der Waals surface area contributed by atoms with Crippen LogP contribution in [0.2, 0.25) is 10.0 Å². The summed E-state index contributed by atoms with van der Waals surface area (Å²) in [6, 6.07) is 7.88. The molecule has 0 heterocycles. The molecule has 24 heavy (non-hydrogen) atoms. The molecular weight excluding hydrogens is 386 g/mol. The normalized spacial score (nSPS) is 12.2. The Morgan fingerprint density at radius 3 is 2.12 bits per heavy atom. The van der Waals surface area contributed by atoms with E-state index in [1.807, 2.05) is 0 Å². The molecule has 2 rings (SSSR count). The minimum atomic E-state index is -4.61. The summed E-state index contributed by atoms with van der Waals surface area (Å²) in [7, 11) is -4.08. The van der Waals surface area contributed by atoms with Gasteiger partial charge in [0.25, 0.3) is 10.0 Å². The van der Waals surface area contributed by atoms with E-state index in [2.05, 4.69) is 0 Å². The summed E-state index contributed by atoms with van der Waals surface area (Å²) in [6.07, 6.45) is -4.61. The summed E-state index contributed by atoms with van der Waals surface area (Å²) in [5, 5.41) is 0.247. The summed E-state index contributed by atoms with van der Waals surface area (Å²) >= 11 is 11.7. The van der Waals surface area contributed by atoms with Gasteiger partial charge < -0.3 is 0 Å². The maximum absolute atomic E-state index is 12.9. The number of anilines is 1. The third-order valence-corrected chi connectivity index (χ3v) is 5.71. The van der Waals surface area contributed by atoms with E-state index in [-0.39, 0.29) is 22.2 Å². The lowest BCUT2D eigenvalue weighted by molar-refractivity contribution is -0.137. The Bertz CT molecular complexity index is 837. The Balaban J connectivity index is 2.57. The summed E-state index contributed by atoms with van der Waals surface area (Å²) in [6.45, 7) is 1.41. The Hall–Kier alpha value is -1.44. The van der Waals surface area contributed by atoms with Crippen LogP contribution >= 0.6 is 23.2 Å². The van der Waals surface area contributed by atoms with E-state index in [1.165, 1.54) is 31.2 Å². The van der Waals surface area contributed by atoms with Crippen LogP contribution in [0.3, 0.4) is 0 Å². The van der Waals surface area contributed by atoms with Gasteiger partial charge in [-0.1, -0.05) is 23.2 Å². The largest absolute Gasteiger partial charge is 0.416 e. The highest BCUT2D eigenvalue weighted by Gasteiger charge is 2.33. The average molecular weight is 398 g/mol. The molecule has 0 aliphatic rings. The van der Waals surface area contributed by atoms with E-state index in [1.54, 1.807) is 0 Å². The molecule has 0 radical (unpaired) electrons. The molecule has 0 saturated heterocycles. The smallest absolute Gasteiger partial charge is 0.265 e. The molecule has 0 fully saturated rings. The molecule has 0 unspecified atom stereocenters. The molecule has 9 heteroatoms. The van der Waals surface area contributed by atoms with Crippen LogP contribution < -0.4 is 4.31 Å². The molecule has 3 nitrogen and oxygen atoms in total. The summed E-state index contributed by atoms with van der Waals surface area (Å²) < 4.78 is 65.0. The van der Waals surface area contributed by atoms with E-state index >= 15 is 0 Å². The molecule has 0 amide bonds. The lowest BCUT2D eigenvalue weighted by atomic mass is 10.2. The van der Waals surface area contributed by atoms with Crippen LogP contribution in [0.5, 0.6) is 0 Å². The van der Waals surface area contributed by atoms with Gasteiger partial charge in [0.1, 0.15) is 0 Å². The van der Waals surface area contributed by atoms with Gasteiger partial charge in [-0.25, -0.2) is 8.42 Å². The fourth-order valence-electron chi connectivity index (χ4n) is 2.08. The molecule has 0 bridgehead atoms. The highest BCUT2D eigenvalue weighted by molar-refractivity contribution is 7.92. The van der Waals surface area contributed by atoms with Gasteiger partial charge in [-0.3, -0.25) is 4.31 Å². The Labute approximate surface area is 147 Å². The number of hydrogen-bond donors (Lipinski definition) is 0. The van der Waals surface area contributed by atoms with E-state index in [0.717, 1.165) is 22.5 Å². The molecule has 0 saturated carbocycles. The lowest BCUT2D eigenvalue weighted by Crippen LogP contribution is -2.31. The monoisotopic (exact) mass is 397 g/mol. The molecule has 0 aromatic heterocycles. The second-order valence-electron chi connectivity index (χ2n) is 4.79. The molecule has 0 atom stereocenters. The van der Waals surface area contributed by atoms with Crippen molar-refractivity contribution in [2.45, 2.75) is 18.0 Å². The van der Waals surface area contributed by atoms with Gasteiger partial charge in [0, 0.05) is 11.6 Å². The molecular formula is C15H12Cl2F3NO2S. The lowest BCUT2D eigenvalue weighted by Gasteiger charge is -2.25. The molecule has 2 aromatic rings. The second kappa shape index (κ2) is 6.82. The summed E-state index contributed by atoms with van der Waals surface area (Å²) in [5.41, 5.74) is -1.21. The van der Waals surface area contributed by atoms with Crippen molar-refractivity contribution in [1.82, 2.24) is 0 Å². The number of nitrogens with zero attached hydrogens (tertiary/aromatic N) is 1. The number of sulfonamides is 1. The Morgan fingerprint density at radius 1 is 1.04 bits per heavy atom. The van der Waals surface area contributed by atoms with Gasteiger partial charge in [-0.2, -0.15) is 13.2 Å². The molecule has 0 N–H and O–H groups in total. The first-order valence-electron chi connectivity index (χ1n) is 6.72. The van der Waals surface area contributed by atoms with Gasteiger partial charge in [0.05, 0.1) is 21.2 Å². The predicted octanol–water partition coefficient (Wildman–Crippen LogP) is 5.23. The van der Waals surface area contributed by atoms with Gasteiger partial charge >= 0.3 is 6.18 Å². The van der Waals surface area contributed by atoms with Gasteiger partial charge in [-0.05, 0) is 49.4 Å². The van der Waals surface area contributed by atoms with Crippen LogP contribution in [0.15, 0.2) is 47.4 Å². The van der Waals surface area contributed by atoms with Crippen molar-refractivity contribution in [2.75, 3.05) is 10.8 Å². The van der Waals surface area contributed by atoms with Crippen LogP contribution in [0.4, 0.5) is 18.9 Å². The van der Waals surface area contributed by atoms with Gasteiger partial charge in [0.15, 0.2) is 0 Å². The Morgan fingerprint density at radius 2 is 1.62 bits per heavy atom. The first-order valence-corrected chi connectivity index (χ1v) is 8.92. The number of alkyl halides is 3. The van der Waals surface area contributed by atoms with E-state index in [0.29, 0.717) is 5.02 Å². The topological polar surface area (TPSA) is 37.4 Å². The van der Waals surface area contributed by atoms with Gasteiger partial charge in [-0.15, -0.1) is 0 Å². The third kappa shape index (κ3) is 3.79. The van der Waals surface area contributed by atoms with Crippen molar-refractivity contribution in [3.8, 4) is 0 Å². The number of hydrogen-bond acceptors (Lipinski definition) is 2. The van der Waals surface area contributed by atoms with Crippen molar-refractivity contribution in [1.29, 1.82) is 0 Å². The first kappa shape index (κ1) is 18.9. The van der Waals surface area contributed by atoms with Crippen LogP contribution in [-0.4, -0.2) is 15.0 Å². The number of rotatable bonds is 4. The predicted molar refractivity (Wildman–Crippen MR) is 88.1 cm³/mol. The molecule has 2 aromatic carbocycles. The van der Waals surface area contributed by atoms with Crippen LogP contribution in [-0.2, 0) is 16.2 Å².